The molecule has 0 saturated heterocycles. The van der Waals surface area contributed by atoms with Crippen LogP contribution in [-0.4, -0.2) is 32.1 Å². The molecule has 0 unspecified atom stereocenters. The number of nitrogens with two attached hydrogens (primary N) is 1. The fourth-order valence-corrected chi connectivity index (χ4v) is 1.62. The summed E-state index contributed by atoms with van der Waals surface area (Å²) in [7, 11) is 1.31. The minimum Gasteiger partial charge on any atom is -0.465 e. The van der Waals surface area contributed by atoms with Crippen LogP contribution in [0.5, 0.6) is 0 Å². The van der Waals surface area contributed by atoms with Crippen molar-refractivity contribution < 1.29 is 14.3 Å². The minimum atomic E-state index is -0.467. The zero-order valence-corrected chi connectivity index (χ0v) is 11.4. The SMILES string of the molecule is COC(=O)c1cc(NCCNC(C)=O)cc(C)c1N. The van der Waals surface area contributed by atoms with Crippen molar-refractivity contribution in [1.82, 2.24) is 5.32 Å². The number of hydrogen-bond donors (Lipinski definition) is 3. The van der Waals surface area contributed by atoms with Gasteiger partial charge in [0.05, 0.1) is 12.7 Å². The Morgan fingerprint density at radius 3 is 2.58 bits per heavy atom. The third kappa shape index (κ3) is 4.17. The second-order valence-electron chi connectivity index (χ2n) is 4.16. The Hall–Kier alpha value is -2.24. The van der Waals surface area contributed by atoms with E-state index in [4.69, 9.17) is 5.73 Å². The molecule has 0 aliphatic rings. The van der Waals surface area contributed by atoms with Crippen LogP contribution in [0.4, 0.5) is 11.4 Å². The molecule has 0 aliphatic carbocycles. The number of carbonyl (C=O) groups excluding carboxylic acids is 2. The number of nitrogen functional groups attached to an aromatic ring is 1. The summed E-state index contributed by atoms with van der Waals surface area (Å²) in [5.74, 6) is -0.545. The Morgan fingerprint density at radius 1 is 1.32 bits per heavy atom. The summed E-state index contributed by atoms with van der Waals surface area (Å²) in [5, 5.41) is 5.78. The normalized spacial score (nSPS) is 9.84. The minimum absolute atomic E-state index is 0.0782. The van der Waals surface area contributed by atoms with E-state index in [0.717, 1.165) is 11.3 Å². The third-order valence-corrected chi connectivity index (χ3v) is 2.62. The molecule has 0 atom stereocenters. The second kappa shape index (κ2) is 6.63. The van der Waals surface area contributed by atoms with Crippen molar-refractivity contribution in [2.45, 2.75) is 13.8 Å². The lowest BCUT2D eigenvalue weighted by Crippen LogP contribution is -2.26. The van der Waals surface area contributed by atoms with Gasteiger partial charge in [-0.25, -0.2) is 4.79 Å². The number of ether oxygens (including phenoxy) is 1. The Labute approximate surface area is 112 Å². The quantitative estimate of drug-likeness (QED) is 0.418. The largest absolute Gasteiger partial charge is 0.465 e. The molecule has 19 heavy (non-hydrogen) atoms. The van der Waals surface area contributed by atoms with Crippen LogP contribution in [0.1, 0.15) is 22.8 Å². The summed E-state index contributed by atoms with van der Waals surface area (Å²) in [6.07, 6.45) is 0. The van der Waals surface area contributed by atoms with E-state index in [0.29, 0.717) is 24.3 Å². The molecule has 1 amide bonds. The van der Waals surface area contributed by atoms with Gasteiger partial charge in [0, 0.05) is 31.4 Å². The van der Waals surface area contributed by atoms with E-state index in [9.17, 15) is 9.59 Å². The molecule has 104 valence electrons. The van der Waals surface area contributed by atoms with Crippen LogP contribution < -0.4 is 16.4 Å². The third-order valence-electron chi connectivity index (χ3n) is 2.62. The summed E-state index contributed by atoms with van der Waals surface area (Å²) in [4.78, 5) is 22.3. The molecule has 1 aromatic rings. The maximum Gasteiger partial charge on any atom is 0.340 e. The smallest absolute Gasteiger partial charge is 0.340 e. The van der Waals surface area contributed by atoms with Crippen LogP contribution in [0.3, 0.4) is 0 Å². The average Bonchev–Trinajstić information content (AvgIpc) is 2.37. The van der Waals surface area contributed by atoms with E-state index in [1.807, 2.05) is 13.0 Å². The van der Waals surface area contributed by atoms with Crippen LogP contribution in [0.2, 0.25) is 0 Å². The van der Waals surface area contributed by atoms with Crippen LogP contribution >= 0.6 is 0 Å². The number of carbonyl (C=O) groups is 2. The first kappa shape index (κ1) is 14.8. The van der Waals surface area contributed by atoms with Crippen molar-refractivity contribution in [1.29, 1.82) is 0 Å². The van der Waals surface area contributed by atoms with Crippen molar-refractivity contribution in [3.8, 4) is 0 Å². The lowest BCUT2D eigenvalue weighted by atomic mass is 10.1. The lowest BCUT2D eigenvalue weighted by Gasteiger charge is -2.12. The molecule has 0 aliphatic heterocycles. The predicted molar refractivity (Wildman–Crippen MR) is 74.1 cm³/mol. The zero-order chi connectivity index (χ0) is 14.4. The van der Waals surface area contributed by atoms with Crippen molar-refractivity contribution in [2.24, 2.45) is 0 Å². The molecule has 6 heteroatoms. The number of anilines is 2. The van der Waals surface area contributed by atoms with E-state index in [1.165, 1.54) is 14.0 Å². The maximum absolute atomic E-state index is 11.6. The Kier molecular flexibility index (Phi) is 5.17. The molecule has 0 fully saturated rings. The van der Waals surface area contributed by atoms with Gasteiger partial charge in [-0.15, -0.1) is 0 Å². The molecule has 0 heterocycles. The molecule has 0 spiro atoms. The summed E-state index contributed by atoms with van der Waals surface area (Å²) in [6, 6.07) is 3.48. The van der Waals surface area contributed by atoms with Gasteiger partial charge in [0.2, 0.25) is 5.91 Å². The number of benzene rings is 1. The summed E-state index contributed by atoms with van der Waals surface area (Å²) >= 11 is 0. The van der Waals surface area contributed by atoms with Crippen LogP contribution in [0.15, 0.2) is 12.1 Å². The molecule has 6 nitrogen and oxygen atoms in total. The van der Waals surface area contributed by atoms with Gasteiger partial charge in [-0.1, -0.05) is 0 Å². The molecule has 0 bridgehead atoms. The zero-order valence-electron chi connectivity index (χ0n) is 11.4. The molecule has 0 radical (unpaired) electrons. The highest BCUT2D eigenvalue weighted by Crippen LogP contribution is 2.23. The first-order chi connectivity index (χ1) is 8.95. The summed E-state index contributed by atoms with van der Waals surface area (Å²) in [5.41, 5.74) is 8.15. The van der Waals surface area contributed by atoms with Gasteiger partial charge < -0.3 is 21.1 Å². The fraction of sp³-hybridized carbons (Fsp3) is 0.385. The topological polar surface area (TPSA) is 93.5 Å². The Bertz CT molecular complexity index is 486. The molecule has 0 aromatic heterocycles. The number of nitrogens with one attached hydrogen (secondary N) is 2. The number of hydrogen-bond acceptors (Lipinski definition) is 5. The van der Waals surface area contributed by atoms with E-state index in [-0.39, 0.29) is 5.91 Å². The first-order valence-corrected chi connectivity index (χ1v) is 5.92. The summed E-state index contributed by atoms with van der Waals surface area (Å²) in [6.45, 7) is 4.35. The number of amides is 1. The molecule has 0 saturated carbocycles. The Morgan fingerprint density at radius 2 is 2.00 bits per heavy atom. The summed E-state index contributed by atoms with van der Waals surface area (Å²) < 4.78 is 4.68. The molecular weight excluding hydrogens is 246 g/mol. The van der Waals surface area contributed by atoms with Crippen LogP contribution in [-0.2, 0) is 9.53 Å². The van der Waals surface area contributed by atoms with Crippen molar-refractivity contribution in [3.63, 3.8) is 0 Å². The average molecular weight is 265 g/mol. The van der Waals surface area contributed by atoms with Gasteiger partial charge in [0.1, 0.15) is 0 Å². The lowest BCUT2D eigenvalue weighted by molar-refractivity contribution is -0.118. The van der Waals surface area contributed by atoms with Gasteiger partial charge in [0.15, 0.2) is 0 Å². The van der Waals surface area contributed by atoms with E-state index in [1.54, 1.807) is 6.07 Å². The number of methoxy groups -OCH3 is 1. The maximum atomic E-state index is 11.6. The first-order valence-electron chi connectivity index (χ1n) is 5.92. The van der Waals surface area contributed by atoms with Crippen LogP contribution in [0.25, 0.3) is 0 Å². The second-order valence-corrected chi connectivity index (χ2v) is 4.16. The monoisotopic (exact) mass is 265 g/mol. The molecule has 1 aromatic carbocycles. The number of esters is 1. The van der Waals surface area contributed by atoms with Gasteiger partial charge in [0.25, 0.3) is 0 Å². The van der Waals surface area contributed by atoms with Gasteiger partial charge >= 0.3 is 5.97 Å². The standard InChI is InChI=1S/C13H19N3O3/c1-8-6-10(16-5-4-15-9(2)17)7-11(12(8)14)13(18)19-3/h6-7,16H,4-5,14H2,1-3H3,(H,15,17). The van der Waals surface area contributed by atoms with Gasteiger partial charge in [-0.3, -0.25) is 4.79 Å². The molecule has 4 N–H and O–H groups in total. The van der Waals surface area contributed by atoms with Crippen molar-refractivity contribution in [3.05, 3.63) is 23.3 Å². The van der Waals surface area contributed by atoms with E-state index in [2.05, 4.69) is 15.4 Å². The highest BCUT2D eigenvalue weighted by Gasteiger charge is 2.13. The highest BCUT2D eigenvalue weighted by atomic mass is 16.5. The van der Waals surface area contributed by atoms with Crippen molar-refractivity contribution >= 4 is 23.3 Å². The Balaban J connectivity index is 2.77. The van der Waals surface area contributed by atoms with E-state index >= 15 is 0 Å². The molecule has 1 rings (SSSR count). The van der Waals surface area contributed by atoms with Crippen molar-refractivity contribution in [2.75, 3.05) is 31.2 Å². The molecular formula is C13H19N3O3. The predicted octanol–water partition coefficient (Wildman–Crippen LogP) is 0.912. The van der Waals surface area contributed by atoms with Crippen LogP contribution in [0, 0.1) is 6.92 Å². The number of rotatable bonds is 5. The fourth-order valence-electron chi connectivity index (χ4n) is 1.62. The highest BCUT2D eigenvalue weighted by molar-refractivity contribution is 5.97. The number of aryl methyl sites for hydroxylation is 1. The van der Waals surface area contributed by atoms with E-state index < -0.39 is 5.97 Å². The van der Waals surface area contributed by atoms with Gasteiger partial charge in [-0.2, -0.15) is 0 Å². The van der Waals surface area contributed by atoms with Gasteiger partial charge in [-0.05, 0) is 24.6 Å².